The molecule has 0 aliphatic carbocycles. The fourth-order valence-electron chi connectivity index (χ4n) is 4.10. The number of rotatable bonds is 13. The lowest BCUT2D eigenvalue weighted by molar-refractivity contribution is -0.129. The van der Waals surface area contributed by atoms with E-state index in [-0.39, 0.29) is 49.1 Å². The van der Waals surface area contributed by atoms with Crippen LogP contribution < -0.4 is 16.0 Å². The zero-order chi connectivity index (χ0) is 27.7. The summed E-state index contributed by atoms with van der Waals surface area (Å²) in [6.45, 7) is 12.5. The van der Waals surface area contributed by atoms with E-state index in [4.69, 9.17) is 11.6 Å². The Morgan fingerprint density at radius 1 is 1.18 bits per heavy atom. The van der Waals surface area contributed by atoms with E-state index in [1.54, 1.807) is 13.0 Å². The largest absolute Gasteiger partial charge is 0.350 e. The smallest absolute Gasteiger partial charge is 0.247 e. The highest BCUT2D eigenvalue weighted by molar-refractivity contribution is 7.99. The van der Waals surface area contributed by atoms with E-state index in [0.717, 1.165) is 46.2 Å². The molecule has 3 rings (SSSR count). The first-order valence-corrected chi connectivity index (χ1v) is 15.5. The molecule has 1 aliphatic rings. The molecule has 1 aromatic carbocycles. The molecule has 1 aliphatic heterocycles. The molecule has 0 bridgehead atoms. The predicted octanol–water partition coefficient (Wildman–Crippen LogP) is 3.64. The van der Waals surface area contributed by atoms with Crippen molar-refractivity contribution < 1.29 is 14.4 Å². The Kier molecular flexibility index (Phi) is 11.9. The summed E-state index contributed by atoms with van der Waals surface area (Å²) in [5.74, 6) is 1.53. The maximum Gasteiger partial charge on any atom is 0.247 e. The number of benzene rings is 1. The summed E-state index contributed by atoms with van der Waals surface area (Å²) >= 11 is 9.49. The first-order chi connectivity index (χ1) is 18.2. The molecule has 2 aromatic rings. The van der Waals surface area contributed by atoms with Gasteiger partial charge in [-0.05, 0) is 24.1 Å². The summed E-state index contributed by atoms with van der Waals surface area (Å²) < 4.78 is 0.928. The third kappa shape index (κ3) is 8.97. The Balaban J connectivity index is 1.65. The van der Waals surface area contributed by atoms with E-state index >= 15 is 0 Å². The Hall–Kier alpha value is -2.14. The number of nitrogens with zero attached hydrogens (tertiary/aromatic N) is 2. The van der Waals surface area contributed by atoms with Crippen LogP contribution in [-0.4, -0.2) is 77.4 Å². The van der Waals surface area contributed by atoms with E-state index in [9.17, 15) is 14.4 Å². The lowest BCUT2D eigenvalue weighted by atomic mass is 9.98. The molecule has 3 amide bonds. The molecule has 2 heterocycles. The fraction of sp³-hybridized carbons (Fsp3) is 0.556. The Morgan fingerprint density at radius 2 is 1.92 bits per heavy atom. The van der Waals surface area contributed by atoms with Gasteiger partial charge >= 0.3 is 0 Å². The molecule has 8 nitrogen and oxygen atoms in total. The van der Waals surface area contributed by atoms with Gasteiger partial charge in [0.1, 0.15) is 6.04 Å². The average molecular weight is 580 g/mol. The second kappa shape index (κ2) is 14.9. The maximum absolute atomic E-state index is 13.4. The van der Waals surface area contributed by atoms with E-state index in [2.05, 4.69) is 32.4 Å². The summed E-state index contributed by atoms with van der Waals surface area (Å²) in [6.07, 6.45) is 1.35. The lowest BCUT2D eigenvalue weighted by Crippen LogP contribution is -2.54. The van der Waals surface area contributed by atoms with Crippen molar-refractivity contribution >= 4 is 62.6 Å². The summed E-state index contributed by atoms with van der Waals surface area (Å²) in [4.78, 5) is 45.3. The summed E-state index contributed by atoms with van der Waals surface area (Å²) in [7, 11) is 0. The number of hydrogen-bond donors (Lipinski definition) is 3. The van der Waals surface area contributed by atoms with Crippen LogP contribution >= 0.6 is 34.7 Å². The predicted molar refractivity (Wildman–Crippen MR) is 158 cm³/mol. The van der Waals surface area contributed by atoms with Crippen LogP contribution in [0.1, 0.15) is 38.6 Å². The highest BCUT2D eigenvalue weighted by Crippen LogP contribution is 2.26. The standard InChI is InChI=1S/C27H38ClN5O3S2/c1-5-17(3)22(15-29-26(35)18(4)16-33-9-11-37-12-10-33)32-27(36)21(30-24(34)6-2)14-25-31-20-8-7-19(28)13-23(20)38-25/h7-8,13,17,21-22H,4-6,9-12,14-16H2,1-3H3,(H,29,35)(H,30,34)(H,32,36)/t17?,21-,22+/m0/s1. The van der Waals surface area contributed by atoms with Crippen molar-refractivity contribution in [1.29, 1.82) is 0 Å². The summed E-state index contributed by atoms with van der Waals surface area (Å²) in [5.41, 5.74) is 1.33. The molecular formula is C27H38ClN5O3S2. The Morgan fingerprint density at radius 3 is 2.61 bits per heavy atom. The zero-order valence-corrected chi connectivity index (χ0v) is 24.7. The molecule has 3 N–H and O–H groups in total. The van der Waals surface area contributed by atoms with E-state index in [1.807, 2.05) is 37.7 Å². The number of thioether (sulfide) groups is 1. The van der Waals surface area contributed by atoms with Gasteiger partial charge in [0, 0.05) is 67.2 Å². The van der Waals surface area contributed by atoms with Gasteiger partial charge in [-0.3, -0.25) is 19.3 Å². The van der Waals surface area contributed by atoms with Gasteiger partial charge in [-0.1, -0.05) is 45.4 Å². The van der Waals surface area contributed by atoms with Gasteiger partial charge < -0.3 is 16.0 Å². The van der Waals surface area contributed by atoms with Crippen LogP contribution in [0.4, 0.5) is 0 Å². The molecule has 3 atom stereocenters. The highest BCUT2D eigenvalue weighted by atomic mass is 35.5. The second-order valence-corrected chi connectivity index (χ2v) is 12.4. The summed E-state index contributed by atoms with van der Waals surface area (Å²) in [6, 6.07) is 4.38. The van der Waals surface area contributed by atoms with Gasteiger partial charge in [0.25, 0.3) is 0 Å². The number of fused-ring (bicyclic) bond motifs is 1. The molecule has 38 heavy (non-hydrogen) atoms. The molecule has 1 aromatic heterocycles. The molecule has 208 valence electrons. The summed E-state index contributed by atoms with van der Waals surface area (Å²) in [5, 5.41) is 10.2. The lowest BCUT2D eigenvalue weighted by Gasteiger charge is -2.28. The third-order valence-corrected chi connectivity index (χ3v) is 8.94. The van der Waals surface area contributed by atoms with Gasteiger partial charge in [0.15, 0.2) is 0 Å². The third-order valence-electron chi connectivity index (χ3n) is 6.73. The van der Waals surface area contributed by atoms with Gasteiger partial charge in [0.2, 0.25) is 17.7 Å². The quantitative estimate of drug-likeness (QED) is 0.313. The van der Waals surface area contributed by atoms with Crippen molar-refractivity contribution in [3.05, 3.63) is 40.4 Å². The topological polar surface area (TPSA) is 103 Å². The number of thiazole rings is 1. The number of carbonyl (C=O) groups excluding carboxylic acids is 3. The normalized spacial score (nSPS) is 16.4. The highest BCUT2D eigenvalue weighted by Gasteiger charge is 2.27. The van der Waals surface area contributed by atoms with Crippen molar-refractivity contribution in [2.75, 3.05) is 37.7 Å². The Bertz CT molecular complexity index is 1140. The number of aromatic nitrogens is 1. The van der Waals surface area contributed by atoms with Crippen molar-refractivity contribution in [1.82, 2.24) is 25.8 Å². The minimum absolute atomic E-state index is 0.110. The van der Waals surface area contributed by atoms with Crippen LogP contribution in [0.15, 0.2) is 30.4 Å². The first kappa shape index (κ1) is 30.4. The van der Waals surface area contributed by atoms with Crippen LogP contribution in [0.3, 0.4) is 0 Å². The molecular weight excluding hydrogens is 542 g/mol. The molecule has 0 spiro atoms. The first-order valence-electron chi connectivity index (χ1n) is 13.1. The SMILES string of the molecule is C=C(CN1CCSCC1)C(=O)NC[C@@H](NC(=O)[C@H](Cc1nc2ccc(Cl)cc2s1)NC(=O)CC)C(C)CC. The van der Waals surface area contributed by atoms with Crippen molar-refractivity contribution in [3.8, 4) is 0 Å². The molecule has 1 fully saturated rings. The number of amides is 3. The van der Waals surface area contributed by atoms with E-state index in [1.165, 1.54) is 11.3 Å². The fourth-order valence-corrected chi connectivity index (χ4v) is 6.37. The van der Waals surface area contributed by atoms with Gasteiger partial charge in [-0.25, -0.2) is 4.98 Å². The van der Waals surface area contributed by atoms with Gasteiger partial charge in [0.05, 0.1) is 15.2 Å². The van der Waals surface area contributed by atoms with Gasteiger partial charge in [-0.15, -0.1) is 11.3 Å². The molecule has 1 unspecified atom stereocenters. The number of halogens is 1. The van der Waals surface area contributed by atoms with Crippen LogP contribution in [-0.2, 0) is 20.8 Å². The second-order valence-electron chi connectivity index (χ2n) is 9.60. The van der Waals surface area contributed by atoms with E-state index in [0.29, 0.717) is 17.1 Å². The molecule has 11 heteroatoms. The van der Waals surface area contributed by atoms with Crippen molar-refractivity contribution in [2.45, 2.75) is 52.1 Å². The van der Waals surface area contributed by atoms with Crippen molar-refractivity contribution in [2.24, 2.45) is 5.92 Å². The van der Waals surface area contributed by atoms with E-state index < -0.39 is 6.04 Å². The number of nitrogens with one attached hydrogen (secondary N) is 3. The van der Waals surface area contributed by atoms with Crippen LogP contribution in [0, 0.1) is 5.92 Å². The van der Waals surface area contributed by atoms with Crippen molar-refractivity contribution in [3.63, 3.8) is 0 Å². The maximum atomic E-state index is 13.4. The average Bonchev–Trinajstić information content (AvgIpc) is 3.31. The monoisotopic (exact) mass is 579 g/mol. The van der Waals surface area contributed by atoms with Gasteiger partial charge in [-0.2, -0.15) is 11.8 Å². The number of carbonyl (C=O) groups is 3. The van der Waals surface area contributed by atoms with Crippen LogP contribution in [0.25, 0.3) is 10.2 Å². The number of hydrogen-bond acceptors (Lipinski definition) is 7. The van der Waals surface area contributed by atoms with Crippen LogP contribution in [0.2, 0.25) is 5.02 Å². The molecule has 1 saturated heterocycles. The Labute approximate surface area is 238 Å². The minimum atomic E-state index is -0.785. The molecule has 0 saturated carbocycles. The minimum Gasteiger partial charge on any atom is -0.350 e. The van der Waals surface area contributed by atoms with Crippen LogP contribution in [0.5, 0.6) is 0 Å². The molecule has 0 radical (unpaired) electrons. The zero-order valence-electron chi connectivity index (χ0n) is 22.3.